The lowest BCUT2D eigenvalue weighted by molar-refractivity contribution is -0.137. The van der Waals surface area contributed by atoms with Crippen molar-refractivity contribution in [2.75, 3.05) is 7.11 Å². The molecule has 0 atom stereocenters. The Kier molecular flexibility index (Phi) is 8.18. The van der Waals surface area contributed by atoms with E-state index in [4.69, 9.17) is 8.92 Å². The SMILES string of the molecule is COc1cccc(CC(=O)N/N=C/c2cc(Br)ccc2OS(=O)(=O)c2ccc(C(F)(F)F)cc2)c1. The molecule has 0 saturated heterocycles. The van der Waals surface area contributed by atoms with E-state index in [1.807, 2.05) is 0 Å². The summed E-state index contributed by atoms with van der Waals surface area (Å²) in [5.74, 6) is 0.0345. The van der Waals surface area contributed by atoms with E-state index in [-0.39, 0.29) is 17.7 Å². The highest BCUT2D eigenvalue weighted by atomic mass is 79.9. The van der Waals surface area contributed by atoms with Gasteiger partial charge in [0, 0.05) is 10.0 Å². The Bertz CT molecular complexity index is 1340. The van der Waals surface area contributed by atoms with Crippen molar-refractivity contribution < 1.29 is 35.3 Å². The van der Waals surface area contributed by atoms with Crippen LogP contribution in [0.25, 0.3) is 0 Å². The molecular weight excluding hydrogens is 553 g/mol. The largest absolute Gasteiger partial charge is 0.497 e. The third-order valence-electron chi connectivity index (χ3n) is 4.53. The first-order chi connectivity index (χ1) is 16.5. The standard InChI is InChI=1S/C23H18BrF3N2O5S/c1-33-19-4-2-3-15(11-19)12-22(30)29-28-14-16-13-18(24)7-10-21(16)34-35(31,32)20-8-5-17(6-9-20)23(25,26)27/h2-11,13-14H,12H2,1H3,(H,29,30)/b28-14+. The number of hydrogen-bond acceptors (Lipinski definition) is 6. The average molecular weight is 571 g/mol. The molecule has 0 aromatic heterocycles. The fourth-order valence-corrected chi connectivity index (χ4v) is 4.19. The molecule has 184 valence electrons. The van der Waals surface area contributed by atoms with Gasteiger partial charge in [-0.3, -0.25) is 4.79 Å². The number of amides is 1. The van der Waals surface area contributed by atoms with E-state index in [1.54, 1.807) is 24.3 Å². The predicted octanol–water partition coefficient (Wildman–Crippen LogP) is 4.94. The van der Waals surface area contributed by atoms with E-state index >= 15 is 0 Å². The molecule has 12 heteroatoms. The van der Waals surface area contributed by atoms with Crippen LogP contribution in [-0.4, -0.2) is 27.6 Å². The van der Waals surface area contributed by atoms with E-state index in [9.17, 15) is 26.4 Å². The van der Waals surface area contributed by atoms with Gasteiger partial charge in [0.25, 0.3) is 0 Å². The number of nitrogens with zero attached hydrogens (tertiary/aromatic N) is 1. The molecule has 1 amide bonds. The van der Waals surface area contributed by atoms with Crippen molar-refractivity contribution >= 4 is 38.2 Å². The molecule has 7 nitrogen and oxygen atoms in total. The number of alkyl halides is 3. The summed E-state index contributed by atoms with van der Waals surface area (Å²) in [4.78, 5) is 11.7. The molecule has 0 spiro atoms. The number of nitrogens with one attached hydrogen (secondary N) is 1. The van der Waals surface area contributed by atoms with E-state index < -0.39 is 32.7 Å². The molecule has 0 unspecified atom stereocenters. The first kappa shape index (κ1) is 26.2. The van der Waals surface area contributed by atoms with Crippen LogP contribution in [0.3, 0.4) is 0 Å². The van der Waals surface area contributed by atoms with Crippen molar-refractivity contribution in [2.45, 2.75) is 17.5 Å². The van der Waals surface area contributed by atoms with Gasteiger partial charge in [0.15, 0.2) is 5.75 Å². The van der Waals surface area contributed by atoms with Crippen molar-refractivity contribution in [2.24, 2.45) is 5.10 Å². The minimum absolute atomic E-state index is 0.0265. The zero-order valence-corrected chi connectivity index (χ0v) is 20.4. The number of carbonyl (C=O) groups excluding carboxylic acids is 1. The van der Waals surface area contributed by atoms with Crippen LogP contribution in [0, 0.1) is 0 Å². The molecule has 0 saturated carbocycles. The molecule has 0 fully saturated rings. The normalized spacial score (nSPS) is 11.9. The summed E-state index contributed by atoms with van der Waals surface area (Å²) in [7, 11) is -2.93. The predicted molar refractivity (Wildman–Crippen MR) is 126 cm³/mol. The third kappa shape index (κ3) is 7.30. The lowest BCUT2D eigenvalue weighted by Crippen LogP contribution is -2.20. The Morgan fingerprint density at radius 3 is 2.46 bits per heavy atom. The van der Waals surface area contributed by atoms with Gasteiger partial charge in [-0.2, -0.15) is 26.7 Å². The van der Waals surface area contributed by atoms with Crippen LogP contribution < -0.4 is 14.3 Å². The van der Waals surface area contributed by atoms with Crippen LogP contribution in [0.5, 0.6) is 11.5 Å². The van der Waals surface area contributed by atoms with Gasteiger partial charge in [-0.1, -0.05) is 28.1 Å². The molecule has 35 heavy (non-hydrogen) atoms. The first-order valence-corrected chi connectivity index (χ1v) is 12.0. The smallest absolute Gasteiger partial charge is 0.416 e. The first-order valence-electron chi connectivity index (χ1n) is 9.84. The number of carbonyl (C=O) groups is 1. The topological polar surface area (TPSA) is 94.1 Å². The highest BCUT2D eigenvalue weighted by molar-refractivity contribution is 9.10. The van der Waals surface area contributed by atoms with Gasteiger partial charge in [-0.15, -0.1) is 0 Å². The fraction of sp³-hybridized carbons (Fsp3) is 0.130. The Morgan fingerprint density at radius 2 is 1.80 bits per heavy atom. The molecular formula is C23H18BrF3N2O5S. The number of hydrazone groups is 1. The van der Waals surface area contributed by atoms with Crippen molar-refractivity contribution in [1.82, 2.24) is 5.43 Å². The molecule has 0 radical (unpaired) electrons. The van der Waals surface area contributed by atoms with Crippen LogP contribution in [0.15, 0.2) is 81.2 Å². The highest BCUT2D eigenvalue weighted by Gasteiger charge is 2.31. The summed E-state index contributed by atoms with van der Waals surface area (Å²) < 4.78 is 74.3. The molecule has 0 aliphatic rings. The minimum Gasteiger partial charge on any atom is -0.497 e. The van der Waals surface area contributed by atoms with Crippen LogP contribution >= 0.6 is 15.9 Å². The molecule has 1 N–H and O–H groups in total. The highest BCUT2D eigenvalue weighted by Crippen LogP contribution is 2.31. The summed E-state index contributed by atoms with van der Waals surface area (Å²) in [5, 5.41) is 3.85. The van der Waals surface area contributed by atoms with Gasteiger partial charge >= 0.3 is 16.3 Å². The molecule has 3 aromatic rings. The second-order valence-electron chi connectivity index (χ2n) is 7.06. The zero-order chi connectivity index (χ0) is 25.6. The number of hydrogen-bond donors (Lipinski definition) is 1. The summed E-state index contributed by atoms with van der Waals surface area (Å²) in [6.07, 6.45) is -3.39. The maximum absolute atomic E-state index is 12.7. The van der Waals surface area contributed by atoms with Gasteiger partial charge in [0.1, 0.15) is 10.6 Å². The Morgan fingerprint density at radius 1 is 1.09 bits per heavy atom. The van der Waals surface area contributed by atoms with Crippen LogP contribution in [0.4, 0.5) is 13.2 Å². The van der Waals surface area contributed by atoms with Crippen LogP contribution in [-0.2, 0) is 27.5 Å². The maximum atomic E-state index is 12.7. The average Bonchev–Trinajstić information content (AvgIpc) is 2.80. The van der Waals surface area contributed by atoms with E-state index in [2.05, 4.69) is 26.5 Å². The third-order valence-corrected chi connectivity index (χ3v) is 6.28. The van der Waals surface area contributed by atoms with E-state index in [0.29, 0.717) is 27.9 Å². The van der Waals surface area contributed by atoms with Crippen molar-refractivity contribution in [3.63, 3.8) is 0 Å². The summed E-state index contributed by atoms with van der Waals surface area (Å²) in [5.41, 5.74) is 2.24. The van der Waals surface area contributed by atoms with Gasteiger partial charge < -0.3 is 8.92 Å². The Hall–Kier alpha value is -3.38. The van der Waals surface area contributed by atoms with Crippen LogP contribution in [0.1, 0.15) is 16.7 Å². The molecule has 0 aliphatic heterocycles. The fourth-order valence-electron chi connectivity index (χ4n) is 2.85. The molecule has 0 heterocycles. The van der Waals surface area contributed by atoms with Gasteiger partial charge in [0.2, 0.25) is 5.91 Å². The quantitative estimate of drug-likeness (QED) is 0.235. The van der Waals surface area contributed by atoms with E-state index in [0.717, 1.165) is 12.1 Å². The number of methoxy groups -OCH3 is 1. The number of rotatable bonds is 8. The zero-order valence-electron chi connectivity index (χ0n) is 18.0. The molecule has 3 aromatic carbocycles. The second-order valence-corrected chi connectivity index (χ2v) is 9.53. The minimum atomic E-state index is -4.60. The molecule has 0 bridgehead atoms. The molecule has 3 rings (SSSR count). The van der Waals surface area contributed by atoms with Crippen LogP contribution in [0.2, 0.25) is 0 Å². The maximum Gasteiger partial charge on any atom is 0.416 e. The summed E-state index contributed by atoms with van der Waals surface area (Å²) in [6.45, 7) is 0. The lowest BCUT2D eigenvalue weighted by atomic mass is 10.1. The van der Waals surface area contributed by atoms with Crippen molar-refractivity contribution in [3.05, 3.63) is 87.9 Å². The number of benzene rings is 3. The molecule has 0 aliphatic carbocycles. The van der Waals surface area contributed by atoms with E-state index in [1.165, 1.54) is 31.5 Å². The van der Waals surface area contributed by atoms with Gasteiger partial charge in [0.05, 0.1) is 25.3 Å². The number of ether oxygens (including phenoxy) is 1. The number of halogens is 4. The Labute approximate surface area is 207 Å². The van der Waals surface area contributed by atoms with Crippen molar-refractivity contribution in [1.29, 1.82) is 0 Å². The summed E-state index contributed by atoms with van der Waals surface area (Å²) >= 11 is 3.25. The Balaban J connectivity index is 1.73. The monoisotopic (exact) mass is 570 g/mol. The van der Waals surface area contributed by atoms with Gasteiger partial charge in [-0.25, -0.2) is 5.43 Å². The second kappa shape index (κ2) is 10.9. The van der Waals surface area contributed by atoms with Crippen molar-refractivity contribution in [3.8, 4) is 11.5 Å². The van der Waals surface area contributed by atoms with Gasteiger partial charge in [-0.05, 0) is 60.2 Å². The lowest BCUT2D eigenvalue weighted by Gasteiger charge is -2.11. The summed E-state index contributed by atoms with van der Waals surface area (Å²) in [6, 6.07) is 14.2.